The molecule has 0 rings (SSSR count). The molecule has 9 heteroatoms. The van der Waals surface area contributed by atoms with Crippen LogP contribution in [-0.4, -0.2) is 52.6 Å². The molecule has 0 aromatic heterocycles. The lowest BCUT2D eigenvalue weighted by atomic mass is 10.1. The van der Waals surface area contributed by atoms with Gasteiger partial charge in [-0.2, -0.15) is 0 Å². The summed E-state index contributed by atoms with van der Waals surface area (Å²) in [6, 6.07) is -2.55. The Balaban J connectivity index is 4.63. The lowest BCUT2D eigenvalue weighted by molar-refractivity contribution is -0.143. The van der Waals surface area contributed by atoms with Crippen molar-refractivity contribution in [2.24, 2.45) is 5.73 Å². The van der Waals surface area contributed by atoms with Crippen molar-refractivity contribution in [2.45, 2.75) is 25.4 Å². The highest BCUT2D eigenvalue weighted by Crippen LogP contribution is 1.95. The van der Waals surface area contributed by atoms with E-state index in [1.165, 1.54) is 6.92 Å². The van der Waals surface area contributed by atoms with E-state index in [1.54, 1.807) is 0 Å². The predicted octanol–water partition coefficient (Wildman–Crippen LogP) is -2.51. The lowest BCUT2D eigenvalue weighted by Crippen LogP contribution is -2.52. The number of nitrogens with one attached hydrogen (secondary N) is 2. The molecule has 2 amide bonds. The molecule has 6 N–H and O–H groups in total. The third kappa shape index (κ3) is 5.80. The number of carboxylic acid groups (broad SMARTS) is 2. The van der Waals surface area contributed by atoms with Crippen molar-refractivity contribution < 1.29 is 29.4 Å². The Kier molecular flexibility index (Phi) is 6.35. The fourth-order valence-electron chi connectivity index (χ4n) is 1.01. The molecule has 0 radical (unpaired) electrons. The van der Waals surface area contributed by atoms with Gasteiger partial charge in [-0.1, -0.05) is 0 Å². The van der Waals surface area contributed by atoms with E-state index in [0.717, 1.165) is 0 Å². The number of nitrogens with two attached hydrogens (primary N) is 1. The monoisotopic (exact) mass is 261 g/mol. The maximum atomic E-state index is 11.6. The van der Waals surface area contributed by atoms with Crippen LogP contribution in [-0.2, 0) is 19.2 Å². The van der Waals surface area contributed by atoms with Gasteiger partial charge in [0, 0.05) is 0 Å². The van der Waals surface area contributed by atoms with Crippen molar-refractivity contribution in [3.8, 4) is 0 Å². The number of hydrogen-bond acceptors (Lipinski definition) is 5. The molecule has 102 valence electrons. The molecule has 0 aromatic rings. The van der Waals surface area contributed by atoms with Crippen molar-refractivity contribution in [2.75, 3.05) is 6.54 Å². The number of carboxylic acids is 2. The van der Waals surface area contributed by atoms with Gasteiger partial charge in [-0.05, 0) is 6.92 Å². The second-order valence-electron chi connectivity index (χ2n) is 3.49. The summed E-state index contributed by atoms with van der Waals surface area (Å²) in [6.45, 7) is 0.806. The molecule has 0 aliphatic carbocycles. The van der Waals surface area contributed by atoms with Gasteiger partial charge in [0.05, 0.1) is 13.0 Å². The van der Waals surface area contributed by atoms with E-state index in [0.29, 0.717) is 0 Å². The van der Waals surface area contributed by atoms with Crippen LogP contribution in [0.25, 0.3) is 0 Å². The summed E-state index contributed by atoms with van der Waals surface area (Å²) in [4.78, 5) is 43.6. The number of amides is 2. The van der Waals surface area contributed by atoms with Crippen molar-refractivity contribution >= 4 is 23.8 Å². The molecule has 9 nitrogen and oxygen atoms in total. The minimum atomic E-state index is -1.36. The van der Waals surface area contributed by atoms with Crippen LogP contribution in [0.3, 0.4) is 0 Å². The first kappa shape index (κ1) is 15.8. The zero-order valence-electron chi connectivity index (χ0n) is 9.67. The molecule has 0 saturated heterocycles. The maximum Gasteiger partial charge on any atom is 0.325 e. The SMILES string of the molecule is CC(NC(=O)C(CC(=O)O)NC(=O)CN)C(=O)O. The van der Waals surface area contributed by atoms with Gasteiger partial charge < -0.3 is 26.6 Å². The third-order valence-electron chi connectivity index (χ3n) is 1.95. The third-order valence-corrected chi connectivity index (χ3v) is 1.95. The van der Waals surface area contributed by atoms with Crippen LogP contribution in [0, 0.1) is 0 Å². The van der Waals surface area contributed by atoms with E-state index in [9.17, 15) is 19.2 Å². The molecular weight excluding hydrogens is 246 g/mol. The minimum Gasteiger partial charge on any atom is -0.481 e. The van der Waals surface area contributed by atoms with Gasteiger partial charge in [0.15, 0.2) is 0 Å². The van der Waals surface area contributed by atoms with E-state index >= 15 is 0 Å². The van der Waals surface area contributed by atoms with Crippen LogP contribution in [0.1, 0.15) is 13.3 Å². The van der Waals surface area contributed by atoms with Gasteiger partial charge in [0.25, 0.3) is 0 Å². The molecule has 0 fully saturated rings. The highest BCUT2D eigenvalue weighted by molar-refractivity contribution is 5.93. The molecular formula is C9H15N3O6. The fourth-order valence-corrected chi connectivity index (χ4v) is 1.01. The number of hydrogen-bond donors (Lipinski definition) is 5. The van der Waals surface area contributed by atoms with Crippen LogP contribution in [0.15, 0.2) is 0 Å². The Morgan fingerprint density at radius 2 is 1.72 bits per heavy atom. The number of carbonyl (C=O) groups is 4. The van der Waals surface area contributed by atoms with E-state index in [2.05, 4.69) is 10.6 Å². The summed E-state index contributed by atoms with van der Waals surface area (Å²) in [5.74, 6) is -4.19. The molecule has 0 aliphatic rings. The van der Waals surface area contributed by atoms with Crippen molar-refractivity contribution in [1.29, 1.82) is 0 Å². The first-order valence-corrected chi connectivity index (χ1v) is 5.02. The van der Waals surface area contributed by atoms with E-state index < -0.39 is 48.8 Å². The van der Waals surface area contributed by atoms with Crippen molar-refractivity contribution in [3.05, 3.63) is 0 Å². The van der Waals surface area contributed by atoms with Crippen LogP contribution >= 0.6 is 0 Å². The summed E-state index contributed by atoms with van der Waals surface area (Å²) < 4.78 is 0. The minimum absolute atomic E-state index is 0.405. The van der Waals surface area contributed by atoms with Crippen LogP contribution in [0.5, 0.6) is 0 Å². The average Bonchev–Trinajstić information content (AvgIpc) is 2.26. The van der Waals surface area contributed by atoms with Gasteiger partial charge in [0.2, 0.25) is 11.8 Å². The normalized spacial score (nSPS) is 13.2. The van der Waals surface area contributed by atoms with Crippen molar-refractivity contribution in [1.82, 2.24) is 10.6 Å². The van der Waals surface area contributed by atoms with E-state index in [1.807, 2.05) is 0 Å². The Labute approximate surface area is 102 Å². The topological polar surface area (TPSA) is 159 Å². The smallest absolute Gasteiger partial charge is 0.325 e. The molecule has 2 atom stereocenters. The van der Waals surface area contributed by atoms with Gasteiger partial charge in [-0.3, -0.25) is 19.2 Å². The summed E-state index contributed by atoms with van der Waals surface area (Å²) in [5.41, 5.74) is 5.02. The molecule has 0 heterocycles. The number of aliphatic carboxylic acids is 2. The highest BCUT2D eigenvalue weighted by Gasteiger charge is 2.25. The highest BCUT2D eigenvalue weighted by atomic mass is 16.4. The van der Waals surface area contributed by atoms with E-state index in [4.69, 9.17) is 15.9 Å². The Morgan fingerprint density at radius 1 is 1.17 bits per heavy atom. The number of rotatable bonds is 7. The predicted molar refractivity (Wildman–Crippen MR) is 58.5 cm³/mol. The first-order valence-electron chi connectivity index (χ1n) is 5.02. The van der Waals surface area contributed by atoms with Crippen LogP contribution in [0.4, 0.5) is 0 Å². The fraction of sp³-hybridized carbons (Fsp3) is 0.556. The zero-order chi connectivity index (χ0) is 14.3. The standard InChI is InChI=1S/C9H15N3O6/c1-4(9(17)18)11-8(16)5(2-7(14)15)12-6(13)3-10/h4-5H,2-3,10H2,1H3,(H,11,16)(H,12,13)(H,14,15)(H,17,18). The summed E-state index contributed by atoms with van der Waals surface area (Å²) in [6.07, 6.45) is -0.663. The van der Waals surface area contributed by atoms with Gasteiger partial charge in [0.1, 0.15) is 12.1 Å². The maximum absolute atomic E-state index is 11.6. The molecule has 18 heavy (non-hydrogen) atoms. The van der Waals surface area contributed by atoms with Gasteiger partial charge >= 0.3 is 11.9 Å². The summed E-state index contributed by atoms with van der Waals surface area (Å²) in [5, 5.41) is 21.3. The lowest BCUT2D eigenvalue weighted by Gasteiger charge is -2.18. The molecule has 0 spiro atoms. The first-order chi connectivity index (χ1) is 8.27. The molecule has 0 bridgehead atoms. The quantitative estimate of drug-likeness (QED) is 0.338. The molecule has 0 aromatic carbocycles. The zero-order valence-corrected chi connectivity index (χ0v) is 9.67. The van der Waals surface area contributed by atoms with Crippen LogP contribution < -0.4 is 16.4 Å². The second-order valence-corrected chi connectivity index (χ2v) is 3.49. The average molecular weight is 261 g/mol. The molecule has 2 unspecified atom stereocenters. The van der Waals surface area contributed by atoms with Crippen LogP contribution in [0.2, 0.25) is 0 Å². The summed E-state index contributed by atoms with van der Waals surface area (Å²) >= 11 is 0. The summed E-state index contributed by atoms with van der Waals surface area (Å²) in [7, 11) is 0. The molecule has 0 saturated carbocycles. The Hall–Kier alpha value is -2.16. The van der Waals surface area contributed by atoms with Crippen molar-refractivity contribution in [3.63, 3.8) is 0 Å². The van der Waals surface area contributed by atoms with E-state index in [-0.39, 0.29) is 0 Å². The van der Waals surface area contributed by atoms with Gasteiger partial charge in [-0.15, -0.1) is 0 Å². The Morgan fingerprint density at radius 3 is 2.11 bits per heavy atom. The molecule has 0 aliphatic heterocycles. The Bertz CT molecular complexity index is 356. The van der Waals surface area contributed by atoms with Gasteiger partial charge in [-0.25, -0.2) is 0 Å². The number of carbonyl (C=O) groups excluding carboxylic acids is 2. The second kappa shape index (κ2) is 7.22. The largest absolute Gasteiger partial charge is 0.481 e.